The topological polar surface area (TPSA) is 120 Å². The predicted molar refractivity (Wildman–Crippen MR) is 125 cm³/mol. The smallest absolute Gasteiger partial charge is 0.264 e. The van der Waals surface area contributed by atoms with E-state index >= 15 is 0 Å². The van der Waals surface area contributed by atoms with Crippen LogP contribution in [-0.2, 0) is 6.54 Å². The van der Waals surface area contributed by atoms with Gasteiger partial charge in [-0.15, -0.1) is 0 Å². The first kappa shape index (κ1) is 21.4. The van der Waals surface area contributed by atoms with Crippen molar-refractivity contribution in [2.45, 2.75) is 6.54 Å². The van der Waals surface area contributed by atoms with Crippen LogP contribution in [0.3, 0.4) is 0 Å². The number of imidazole rings is 1. The normalized spacial score (nSPS) is 11.4. The number of ether oxygens (including phenoxy) is 2. The van der Waals surface area contributed by atoms with Gasteiger partial charge in [0.15, 0.2) is 5.65 Å². The maximum atomic E-state index is 13.6. The standard InChI is InChI=1S/C22H21ClN6O3/c1-25-10-16-19(24)18(23)17(21-27-15-8-14(32-3)9-26-20(15)28-21)22(30)29(16)11-12-4-6-13(31-2)7-5-12/h4-10H,11,24H2,1-3H3,(H,26,27,28). The second-order valence-electron chi connectivity index (χ2n) is 6.95. The summed E-state index contributed by atoms with van der Waals surface area (Å²) in [5.74, 6) is 1.55. The van der Waals surface area contributed by atoms with Crippen LogP contribution in [0.1, 0.15) is 11.3 Å². The van der Waals surface area contributed by atoms with Crippen LogP contribution in [0.15, 0.2) is 46.3 Å². The molecule has 3 heterocycles. The minimum atomic E-state index is -0.360. The molecule has 0 aliphatic rings. The number of H-pyrrole nitrogens is 1. The highest BCUT2D eigenvalue weighted by Crippen LogP contribution is 2.31. The number of nitrogen functional groups attached to an aromatic ring is 1. The number of methoxy groups -OCH3 is 2. The van der Waals surface area contributed by atoms with Gasteiger partial charge in [-0.2, -0.15) is 0 Å². The van der Waals surface area contributed by atoms with Crippen LogP contribution >= 0.6 is 11.6 Å². The molecule has 0 fully saturated rings. The average molecular weight is 453 g/mol. The number of benzene rings is 1. The van der Waals surface area contributed by atoms with Crippen molar-refractivity contribution >= 4 is 34.7 Å². The highest BCUT2D eigenvalue weighted by Gasteiger charge is 2.22. The van der Waals surface area contributed by atoms with Crippen molar-refractivity contribution in [1.29, 1.82) is 0 Å². The van der Waals surface area contributed by atoms with Crippen molar-refractivity contribution in [2.75, 3.05) is 27.0 Å². The van der Waals surface area contributed by atoms with Crippen molar-refractivity contribution in [3.05, 3.63) is 63.2 Å². The van der Waals surface area contributed by atoms with Gasteiger partial charge in [-0.3, -0.25) is 9.79 Å². The Labute approximate surface area is 188 Å². The summed E-state index contributed by atoms with van der Waals surface area (Å²) in [4.78, 5) is 29.4. The van der Waals surface area contributed by atoms with Crippen LogP contribution in [-0.4, -0.2) is 47.0 Å². The Kier molecular flexibility index (Phi) is 5.83. The molecule has 0 saturated heterocycles. The van der Waals surface area contributed by atoms with Crippen LogP contribution in [0, 0.1) is 0 Å². The second-order valence-corrected chi connectivity index (χ2v) is 7.32. The molecular weight excluding hydrogens is 432 g/mol. The van der Waals surface area contributed by atoms with Crippen molar-refractivity contribution in [3.8, 4) is 22.9 Å². The van der Waals surface area contributed by atoms with E-state index in [9.17, 15) is 4.79 Å². The Morgan fingerprint density at radius 2 is 1.94 bits per heavy atom. The summed E-state index contributed by atoms with van der Waals surface area (Å²) in [6.45, 7) is 0.255. The second kappa shape index (κ2) is 8.72. The van der Waals surface area contributed by atoms with Gasteiger partial charge < -0.3 is 24.8 Å². The Hall–Kier alpha value is -3.85. The largest absolute Gasteiger partial charge is 0.497 e. The van der Waals surface area contributed by atoms with Gasteiger partial charge in [-0.05, 0) is 17.7 Å². The number of halogens is 1. The lowest BCUT2D eigenvalue weighted by molar-refractivity contribution is 0.413. The van der Waals surface area contributed by atoms with E-state index in [2.05, 4.69) is 19.9 Å². The molecule has 10 heteroatoms. The van der Waals surface area contributed by atoms with Crippen molar-refractivity contribution in [1.82, 2.24) is 19.5 Å². The van der Waals surface area contributed by atoms with Gasteiger partial charge in [0.05, 0.1) is 48.9 Å². The predicted octanol–water partition coefficient (Wildman–Crippen LogP) is 3.14. The maximum absolute atomic E-state index is 13.6. The summed E-state index contributed by atoms with van der Waals surface area (Å²) in [7, 11) is 4.74. The molecule has 0 spiro atoms. The number of aromatic nitrogens is 4. The molecule has 0 bridgehead atoms. The zero-order chi connectivity index (χ0) is 22.8. The zero-order valence-electron chi connectivity index (χ0n) is 17.7. The number of pyridine rings is 2. The molecule has 3 aromatic heterocycles. The molecule has 4 aromatic rings. The van der Waals surface area contributed by atoms with Crippen LogP contribution in [0.5, 0.6) is 11.5 Å². The van der Waals surface area contributed by atoms with Gasteiger partial charge in [-0.1, -0.05) is 23.7 Å². The van der Waals surface area contributed by atoms with E-state index in [1.807, 2.05) is 24.3 Å². The summed E-state index contributed by atoms with van der Waals surface area (Å²) in [5, 5.41) is 0.0990. The first-order chi connectivity index (χ1) is 15.5. The Morgan fingerprint density at radius 1 is 1.22 bits per heavy atom. The van der Waals surface area contributed by atoms with Gasteiger partial charge in [-0.25, -0.2) is 9.97 Å². The van der Waals surface area contributed by atoms with Gasteiger partial charge in [0.1, 0.15) is 22.9 Å². The molecule has 0 saturated carbocycles. The molecule has 0 aliphatic heterocycles. The first-order valence-electron chi connectivity index (χ1n) is 9.63. The van der Waals surface area contributed by atoms with E-state index in [4.69, 9.17) is 26.8 Å². The Morgan fingerprint density at radius 3 is 2.59 bits per heavy atom. The first-order valence-corrected chi connectivity index (χ1v) is 10.0. The number of anilines is 1. The molecule has 0 aliphatic carbocycles. The van der Waals surface area contributed by atoms with Crippen molar-refractivity contribution in [3.63, 3.8) is 0 Å². The monoisotopic (exact) mass is 452 g/mol. The third-order valence-corrected chi connectivity index (χ3v) is 5.41. The van der Waals surface area contributed by atoms with E-state index in [1.165, 1.54) is 10.8 Å². The van der Waals surface area contributed by atoms with E-state index in [1.54, 1.807) is 33.5 Å². The number of hydrogen-bond acceptors (Lipinski definition) is 7. The summed E-state index contributed by atoms with van der Waals surface area (Å²) in [5.41, 5.74) is 8.68. The summed E-state index contributed by atoms with van der Waals surface area (Å²) in [6, 6.07) is 9.14. The number of nitrogens with one attached hydrogen (secondary N) is 1. The number of nitrogens with two attached hydrogens (primary N) is 1. The van der Waals surface area contributed by atoms with E-state index < -0.39 is 0 Å². The number of aromatic amines is 1. The van der Waals surface area contributed by atoms with Gasteiger partial charge in [0.25, 0.3) is 5.56 Å². The van der Waals surface area contributed by atoms with Crippen LogP contribution in [0.4, 0.5) is 5.69 Å². The average Bonchev–Trinajstić information content (AvgIpc) is 3.23. The van der Waals surface area contributed by atoms with Crippen molar-refractivity contribution < 1.29 is 9.47 Å². The molecule has 164 valence electrons. The van der Waals surface area contributed by atoms with Gasteiger partial charge in [0.2, 0.25) is 0 Å². The van der Waals surface area contributed by atoms with Crippen LogP contribution in [0.25, 0.3) is 22.6 Å². The Balaban J connectivity index is 1.90. The highest BCUT2D eigenvalue weighted by molar-refractivity contribution is 6.36. The van der Waals surface area contributed by atoms with Gasteiger partial charge in [0, 0.05) is 19.3 Å². The van der Waals surface area contributed by atoms with E-state index in [0.717, 1.165) is 11.3 Å². The number of hydrogen-bond donors (Lipinski definition) is 2. The quantitative estimate of drug-likeness (QED) is 0.433. The fraction of sp³-hybridized carbons (Fsp3) is 0.182. The third kappa shape index (κ3) is 3.78. The lowest BCUT2D eigenvalue weighted by atomic mass is 10.1. The fourth-order valence-electron chi connectivity index (χ4n) is 3.38. The lowest BCUT2D eigenvalue weighted by Gasteiger charge is -2.16. The number of fused-ring (bicyclic) bond motifs is 1. The molecule has 3 N–H and O–H groups in total. The fourth-order valence-corrected chi connectivity index (χ4v) is 3.65. The van der Waals surface area contributed by atoms with Crippen molar-refractivity contribution in [2.24, 2.45) is 4.99 Å². The molecule has 0 radical (unpaired) electrons. The molecule has 0 atom stereocenters. The molecule has 32 heavy (non-hydrogen) atoms. The van der Waals surface area contributed by atoms with Gasteiger partial charge >= 0.3 is 0 Å². The molecule has 9 nitrogen and oxygen atoms in total. The minimum Gasteiger partial charge on any atom is -0.497 e. The summed E-state index contributed by atoms with van der Waals surface area (Å²) >= 11 is 6.55. The van der Waals surface area contributed by atoms with Crippen LogP contribution < -0.4 is 20.8 Å². The zero-order valence-corrected chi connectivity index (χ0v) is 18.5. The molecule has 4 rings (SSSR count). The summed E-state index contributed by atoms with van der Waals surface area (Å²) in [6.07, 6.45) is 3.06. The summed E-state index contributed by atoms with van der Waals surface area (Å²) < 4.78 is 11.9. The third-order valence-electron chi connectivity index (χ3n) is 5.02. The van der Waals surface area contributed by atoms with Crippen LogP contribution in [0.2, 0.25) is 5.02 Å². The van der Waals surface area contributed by atoms with E-state index in [-0.39, 0.29) is 34.2 Å². The number of aliphatic imine (C=N–C) groups is 1. The molecule has 1 aromatic carbocycles. The highest BCUT2D eigenvalue weighted by atomic mass is 35.5. The minimum absolute atomic E-state index is 0.0990. The molecule has 0 amide bonds. The lowest BCUT2D eigenvalue weighted by Crippen LogP contribution is -2.28. The molecular formula is C22H21ClN6O3. The molecule has 0 unspecified atom stereocenters. The Bertz CT molecular complexity index is 1380. The SMILES string of the molecule is CN=Cc1c(N)c(Cl)c(-c2nc3ncc(OC)cc3[nH]2)c(=O)n1Cc1ccc(OC)cc1. The van der Waals surface area contributed by atoms with E-state index in [0.29, 0.717) is 22.6 Å². The number of rotatable bonds is 6. The number of nitrogens with zero attached hydrogens (tertiary/aromatic N) is 4. The maximum Gasteiger partial charge on any atom is 0.264 e.